The molecule has 0 radical (unpaired) electrons. The van der Waals surface area contributed by atoms with Crippen LogP contribution in [0.1, 0.15) is 28.7 Å². The summed E-state index contributed by atoms with van der Waals surface area (Å²) >= 11 is 1.90. The summed E-state index contributed by atoms with van der Waals surface area (Å²) in [5, 5.41) is 3.46. The fraction of sp³-hybridized carbons (Fsp3) is 0.714. The first kappa shape index (κ1) is 15.2. The number of nitrogens with zero attached hydrogens (tertiary/aromatic N) is 1. The van der Waals surface area contributed by atoms with Gasteiger partial charge in [0.1, 0.15) is 0 Å². The fourth-order valence-corrected chi connectivity index (χ4v) is 4.45. The lowest BCUT2D eigenvalue weighted by atomic mass is 10.2. The maximum Gasteiger partial charge on any atom is 0.0363 e. The molecule has 0 bridgehead atoms. The van der Waals surface area contributed by atoms with Crippen molar-refractivity contribution in [1.29, 1.82) is 0 Å². The number of nitrogens with one attached hydrogen (secondary N) is 1. The van der Waals surface area contributed by atoms with Gasteiger partial charge >= 0.3 is 0 Å². The van der Waals surface area contributed by atoms with Crippen molar-refractivity contribution in [3.63, 3.8) is 0 Å². The van der Waals surface area contributed by atoms with Gasteiger partial charge in [0.25, 0.3) is 0 Å². The average molecular weight is 300 g/mol. The standard InChI is InChI=1S/C14H24N2OS2/c1-3-4-15-10-14-9-13(12(2)18-14)11-16-5-7-19(17)8-6-16/h9,15H,3-8,10-11H2,1-2H3. The van der Waals surface area contributed by atoms with Crippen LogP contribution in [-0.4, -0.2) is 40.2 Å². The summed E-state index contributed by atoms with van der Waals surface area (Å²) in [6, 6.07) is 2.34. The van der Waals surface area contributed by atoms with Crippen LogP contribution in [0.15, 0.2) is 6.07 Å². The third-order valence-electron chi connectivity index (χ3n) is 3.46. The van der Waals surface area contributed by atoms with Crippen molar-refractivity contribution in [3.05, 3.63) is 21.4 Å². The highest BCUT2D eigenvalue weighted by molar-refractivity contribution is 7.85. The zero-order valence-corrected chi connectivity index (χ0v) is 13.5. The Hall–Kier alpha value is -0.230. The predicted octanol–water partition coefficient (Wildman–Crippen LogP) is 2.12. The molecular formula is C14H24N2OS2. The second-order valence-electron chi connectivity index (χ2n) is 5.10. The molecule has 1 N–H and O–H groups in total. The molecule has 19 heavy (non-hydrogen) atoms. The second kappa shape index (κ2) is 7.53. The minimum Gasteiger partial charge on any atom is -0.312 e. The van der Waals surface area contributed by atoms with Crippen molar-refractivity contribution in [2.24, 2.45) is 0 Å². The van der Waals surface area contributed by atoms with Crippen LogP contribution in [0.5, 0.6) is 0 Å². The molecule has 108 valence electrons. The first-order valence-corrected chi connectivity index (χ1v) is 9.35. The zero-order valence-electron chi connectivity index (χ0n) is 11.9. The van der Waals surface area contributed by atoms with Crippen molar-refractivity contribution in [2.75, 3.05) is 31.1 Å². The van der Waals surface area contributed by atoms with Gasteiger partial charge in [-0.15, -0.1) is 11.3 Å². The monoisotopic (exact) mass is 300 g/mol. The molecule has 0 aliphatic carbocycles. The molecule has 0 spiro atoms. The molecule has 5 heteroatoms. The molecule has 2 rings (SSSR count). The van der Waals surface area contributed by atoms with Crippen LogP contribution >= 0.6 is 11.3 Å². The third kappa shape index (κ3) is 4.67. The highest BCUT2D eigenvalue weighted by Crippen LogP contribution is 2.23. The van der Waals surface area contributed by atoms with Crippen LogP contribution in [0.4, 0.5) is 0 Å². The van der Waals surface area contributed by atoms with Crippen molar-refractivity contribution >= 4 is 22.1 Å². The van der Waals surface area contributed by atoms with E-state index in [2.05, 4.69) is 30.1 Å². The number of aryl methyl sites for hydroxylation is 1. The van der Waals surface area contributed by atoms with Crippen molar-refractivity contribution in [2.45, 2.75) is 33.4 Å². The Labute approximate surface area is 122 Å². The van der Waals surface area contributed by atoms with Crippen LogP contribution < -0.4 is 5.32 Å². The van der Waals surface area contributed by atoms with Crippen molar-refractivity contribution in [1.82, 2.24) is 10.2 Å². The maximum atomic E-state index is 11.4. The van der Waals surface area contributed by atoms with E-state index in [1.54, 1.807) is 0 Å². The largest absolute Gasteiger partial charge is 0.312 e. The Morgan fingerprint density at radius 2 is 2.16 bits per heavy atom. The van der Waals surface area contributed by atoms with Crippen molar-refractivity contribution < 1.29 is 4.21 Å². The molecule has 1 aromatic heterocycles. The Bertz CT molecular complexity index is 421. The highest BCUT2D eigenvalue weighted by atomic mass is 32.2. The molecule has 0 unspecified atom stereocenters. The summed E-state index contributed by atoms with van der Waals surface area (Å²) in [5.41, 5.74) is 1.45. The molecule has 1 aromatic rings. The number of rotatable bonds is 6. The topological polar surface area (TPSA) is 32.3 Å². The van der Waals surface area contributed by atoms with E-state index in [-0.39, 0.29) is 0 Å². The van der Waals surface area contributed by atoms with Gasteiger partial charge in [0.05, 0.1) is 0 Å². The van der Waals surface area contributed by atoms with Crippen LogP contribution in [0.25, 0.3) is 0 Å². The smallest absolute Gasteiger partial charge is 0.0363 e. The zero-order chi connectivity index (χ0) is 13.7. The Balaban J connectivity index is 1.87. The molecule has 2 heterocycles. The summed E-state index contributed by atoms with van der Waals surface area (Å²) in [7, 11) is -0.574. The van der Waals surface area contributed by atoms with E-state index in [9.17, 15) is 4.21 Å². The lowest BCUT2D eigenvalue weighted by Gasteiger charge is -2.25. The molecule has 0 aromatic carbocycles. The van der Waals surface area contributed by atoms with Gasteiger partial charge in [-0.3, -0.25) is 9.11 Å². The fourth-order valence-electron chi connectivity index (χ4n) is 2.29. The summed E-state index contributed by atoms with van der Waals surface area (Å²) in [6.45, 7) is 9.46. The van der Waals surface area contributed by atoms with E-state index in [0.717, 1.165) is 44.2 Å². The Kier molecular flexibility index (Phi) is 6.01. The predicted molar refractivity (Wildman–Crippen MR) is 84.2 cm³/mol. The molecule has 0 saturated carbocycles. The molecule has 3 nitrogen and oxygen atoms in total. The summed E-state index contributed by atoms with van der Waals surface area (Å²) < 4.78 is 11.4. The Morgan fingerprint density at radius 3 is 2.84 bits per heavy atom. The van der Waals surface area contributed by atoms with Gasteiger partial charge in [-0.1, -0.05) is 6.92 Å². The number of hydrogen-bond acceptors (Lipinski definition) is 4. The molecule has 1 aliphatic rings. The summed E-state index contributed by atoms with van der Waals surface area (Å²) in [4.78, 5) is 5.29. The molecule has 1 aliphatic heterocycles. The third-order valence-corrected chi connectivity index (χ3v) is 5.83. The van der Waals surface area contributed by atoms with Crippen LogP contribution in [0, 0.1) is 6.92 Å². The molecule has 1 fully saturated rings. The lowest BCUT2D eigenvalue weighted by Crippen LogP contribution is -2.37. The van der Waals surface area contributed by atoms with E-state index in [0.29, 0.717) is 0 Å². The van der Waals surface area contributed by atoms with Gasteiger partial charge in [-0.2, -0.15) is 0 Å². The van der Waals surface area contributed by atoms with E-state index in [1.165, 1.54) is 21.7 Å². The van der Waals surface area contributed by atoms with E-state index >= 15 is 0 Å². The molecule has 0 amide bonds. The lowest BCUT2D eigenvalue weighted by molar-refractivity contribution is 0.291. The van der Waals surface area contributed by atoms with Crippen LogP contribution in [-0.2, 0) is 23.9 Å². The van der Waals surface area contributed by atoms with Gasteiger partial charge in [0, 0.05) is 58.2 Å². The SMILES string of the molecule is CCCNCc1cc(CN2CCS(=O)CC2)c(C)s1. The molecular weight excluding hydrogens is 276 g/mol. The van der Waals surface area contributed by atoms with Gasteiger partial charge in [0.2, 0.25) is 0 Å². The van der Waals surface area contributed by atoms with Gasteiger partial charge in [-0.25, -0.2) is 0 Å². The maximum absolute atomic E-state index is 11.4. The normalized spacial score (nSPS) is 18.0. The first-order chi connectivity index (χ1) is 9.19. The quantitative estimate of drug-likeness (QED) is 0.817. The first-order valence-electron chi connectivity index (χ1n) is 7.05. The summed E-state index contributed by atoms with van der Waals surface area (Å²) in [5.74, 6) is 1.68. The molecule has 0 atom stereocenters. The van der Waals surface area contributed by atoms with Gasteiger partial charge in [0.15, 0.2) is 0 Å². The van der Waals surface area contributed by atoms with Crippen LogP contribution in [0.2, 0.25) is 0 Å². The Morgan fingerprint density at radius 1 is 1.42 bits per heavy atom. The minimum atomic E-state index is -0.574. The minimum absolute atomic E-state index is 0.574. The van der Waals surface area contributed by atoms with Crippen molar-refractivity contribution in [3.8, 4) is 0 Å². The average Bonchev–Trinajstić information content (AvgIpc) is 2.73. The van der Waals surface area contributed by atoms with Gasteiger partial charge in [-0.05, 0) is 31.5 Å². The summed E-state index contributed by atoms with van der Waals surface area (Å²) in [6.07, 6.45) is 1.18. The van der Waals surface area contributed by atoms with Gasteiger partial charge < -0.3 is 5.32 Å². The van der Waals surface area contributed by atoms with Crippen LogP contribution in [0.3, 0.4) is 0 Å². The molecule has 1 saturated heterocycles. The highest BCUT2D eigenvalue weighted by Gasteiger charge is 2.16. The second-order valence-corrected chi connectivity index (χ2v) is 8.13. The number of thiophene rings is 1. The van der Waals surface area contributed by atoms with E-state index in [4.69, 9.17) is 0 Å². The number of hydrogen-bond donors (Lipinski definition) is 1. The van der Waals surface area contributed by atoms with E-state index < -0.39 is 10.8 Å². The van der Waals surface area contributed by atoms with E-state index in [1.807, 2.05) is 11.3 Å².